The molecule has 0 radical (unpaired) electrons. The minimum absolute atomic E-state index is 0.0265. The Morgan fingerprint density at radius 3 is 2.68 bits per heavy atom. The summed E-state index contributed by atoms with van der Waals surface area (Å²) >= 11 is 4.13. The molecular formula is C30H28FN4O5S-. The first-order valence-electron chi connectivity index (χ1n) is 12.8. The normalized spacial score (nSPS) is 17.0. The number of rotatable bonds is 8. The van der Waals surface area contributed by atoms with Crippen LogP contribution in [0.5, 0.6) is 0 Å². The number of aliphatic hydroxyl groups excluding tert-OH is 1. The summed E-state index contributed by atoms with van der Waals surface area (Å²) in [7, 11) is 0. The molecule has 1 aliphatic heterocycles. The summed E-state index contributed by atoms with van der Waals surface area (Å²) in [6.45, 7) is 5.29. The number of hydrogen-bond acceptors (Lipinski definition) is 6. The molecule has 0 aliphatic carbocycles. The lowest BCUT2D eigenvalue weighted by Crippen LogP contribution is -2.71. The molecule has 1 unspecified atom stereocenters. The summed E-state index contributed by atoms with van der Waals surface area (Å²) in [5.41, 5.74) is 4.40. The number of benzene rings is 2. The van der Waals surface area contributed by atoms with E-state index in [1.54, 1.807) is 63.6 Å². The lowest BCUT2D eigenvalue weighted by molar-refractivity contribution is -0.374. The zero-order valence-electron chi connectivity index (χ0n) is 22.4. The number of amides is 2. The van der Waals surface area contributed by atoms with Gasteiger partial charge in [-0.2, -0.15) is 5.69 Å². The molecule has 41 heavy (non-hydrogen) atoms. The number of fused-ring (bicyclic) bond motifs is 1. The minimum atomic E-state index is -2.10. The van der Waals surface area contributed by atoms with Gasteiger partial charge in [-0.3, -0.25) is 14.6 Å². The average Bonchev–Trinajstić information content (AvgIpc) is 3.65. The van der Waals surface area contributed by atoms with Gasteiger partial charge in [0.25, 0.3) is 11.8 Å². The molecule has 0 spiro atoms. The van der Waals surface area contributed by atoms with Gasteiger partial charge in [0.05, 0.1) is 12.3 Å². The van der Waals surface area contributed by atoms with Gasteiger partial charge in [-0.25, -0.2) is 16.4 Å². The zero-order valence-corrected chi connectivity index (χ0v) is 23.3. The predicted molar refractivity (Wildman–Crippen MR) is 153 cm³/mol. The SMILES string of the molecule is Cc1nc([CH-]C2C(=O)Nc3ccc(C(=O)N[C@H](C)c4ccc(F)cc4)cc32)c(C)[c-]1[NH+]=C(O)[C@](O)(S)c1ccco1. The molecule has 0 fully saturated rings. The maximum absolute atomic E-state index is 13.3. The van der Waals surface area contributed by atoms with Gasteiger partial charge in [0.15, 0.2) is 0 Å². The number of nitrogens with one attached hydrogen (secondary N) is 3. The Bertz CT molecular complexity index is 1640. The maximum atomic E-state index is 13.3. The summed E-state index contributed by atoms with van der Waals surface area (Å²) in [6, 6.07) is 13.5. The molecule has 11 heteroatoms. The monoisotopic (exact) mass is 575 g/mol. The first kappa shape index (κ1) is 28.1. The lowest BCUT2D eigenvalue weighted by Gasteiger charge is -2.21. The number of carbonyl (C=O) groups is 2. The number of aromatic nitrogens is 1. The Balaban J connectivity index is 1.37. The van der Waals surface area contributed by atoms with Crippen molar-refractivity contribution < 1.29 is 33.6 Å². The fourth-order valence-corrected chi connectivity index (χ4v) is 4.91. The Morgan fingerprint density at radius 2 is 2.00 bits per heavy atom. The molecule has 2 aromatic heterocycles. The standard InChI is InChI=1S/C30H28FN4O5S/c1-15-24(32-17(3)26(15)35-29(38)30(39,41)25-5-4-12-40-25)14-22-21-13-19(8-11-23(21)34-28(22)37)27(36)33-16(2)18-6-9-20(31)10-7-18/h4-14,16,22,35,38-39,41H,1-3H3,(H,33,36)(H,34,37)/q-1/t16-,22?,30-/m1/s1. The van der Waals surface area contributed by atoms with Crippen LogP contribution in [0.3, 0.4) is 0 Å². The molecule has 3 heterocycles. The number of anilines is 1. The number of aryl methyl sites for hydroxylation is 1. The molecule has 2 amide bonds. The first-order valence-corrected chi connectivity index (χ1v) is 13.2. The van der Waals surface area contributed by atoms with Crippen molar-refractivity contribution >= 4 is 41.7 Å². The van der Waals surface area contributed by atoms with Crippen LogP contribution in [-0.4, -0.2) is 32.9 Å². The van der Waals surface area contributed by atoms with E-state index in [-0.39, 0.29) is 29.4 Å². The molecule has 212 valence electrons. The van der Waals surface area contributed by atoms with Crippen molar-refractivity contribution in [2.24, 2.45) is 0 Å². The maximum Gasteiger partial charge on any atom is 0.291 e. The number of aliphatic hydroxyl groups is 2. The van der Waals surface area contributed by atoms with E-state index in [0.717, 1.165) is 5.56 Å². The highest BCUT2D eigenvalue weighted by atomic mass is 32.1. The van der Waals surface area contributed by atoms with Crippen LogP contribution in [0.15, 0.2) is 65.3 Å². The zero-order chi connectivity index (χ0) is 29.5. The Labute approximate surface area is 240 Å². The van der Waals surface area contributed by atoms with Gasteiger partial charge in [-0.15, -0.1) is 19.6 Å². The second-order valence-electron chi connectivity index (χ2n) is 9.89. The molecule has 5 N–H and O–H groups in total. The topological polar surface area (TPSA) is 139 Å². The van der Waals surface area contributed by atoms with Gasteiger partial charge >= 0.3 is 0 Å². The van der Waals surface area contributed by atoms with Crippen molar-refractivity contribution in [2.45, 2.75) is 37.7 Å². The van der Waals surface area contributed by atoms with Crippen molar-refractivity contribution in [3.05, 3.63) is 113 Å². The van der Waals surface area contributed by atoms with E-state index in [2.05, 4.69) is 33.2 Å². The van der Waals surface area contributed by atoms with Crippen LogP contribution in [0.2, 0.25) is 0 Å². The van der Waals surface area contributed by atoms with Gasteiger partial charge in [0.1, 0.15) is 11.6 Å². The van der Waals surface area contributed by atoms with Gasteiger partial charge in [0.2, 0.25) is 10.8 Å². The molecular weight excluding hydrogens is 547 g/mol. The van der Waals surface area contributed by atoms with E-state index in [4.69, 9.17) is 4.42 Å². The molecule has 0 saturated heterocycles. The summed E-state index contributed by atoms with van der Waals surface area (Å²) in [5.74, 6) is -2.24. The number of nitrogens with zero attached hydrogens (tertiary/aromatic N) is 1. The van der Waals surface area contributed by atoms with Crippen molar-refractivity contribution in [2.75, 3.05) is 5.32 Å². The lowest BCUT2D eigenvalue weighted by atomic mass is 9.93. The highest BCUT2D eigenvalue weighted by Crippen LogP contribution is 2.38. The van der Waals surface area contributed by atoms with Crippen molar-refractivity contribution in [3.63, 3.8) is 0 Å². The summed E-state index contributed by atoms with van der Waals surface area (Å²) in [5, 5.41) is 27.0. The molecule has 3 atom stereocenters. The van der Waals surface area contributed by atoms with Crippen molar-refractivity contribution in [3.8, 4) is 0 Å². The van der Waals surface area contributed by atoms with Crippen molar-refractivity contribution in [1.29, 1.82) is 0 Å². The fourth-order valence-electron chi connectivity index (χ4n) is 4.73. The van der Waals surface area contributed by atoms with Crippen LogP contribution < -0.4 is 15.6 Å². The molecule has 0 saturated carbocycles. The van der Waals surface area contributed by atoms with Crippen LogP contribution in [0.4, 0.5) is 15.8 Å². The third kappa shape index (κ3) is 5.46. The third-order valence-electron chi connectivity index (χ3n) is 7.08. The summed E-state index contributed by atoms with van der Waals surface area (Å²) in [6.07, 6.45) is 3.04. The number of carbonyl (C=O) groups excluding carboxylic acids is 2. The predicted octanol–water partition coefficient (Wildman–Crippen LogP) is 3.37. The quantitative estimate of drug-likeness (QED) is 0.0627. The molecule has 0 bridgehead atoms. The molecule has 1 aliphatic rings. The third-order valence-corrected chi connectivity index (χ3v) is 7.51. The number of thiol groups is 1. The molecule has 9 nitrogen and oxygen atoms in total. The molecule has 2 aromatic carbocycles. The molecule has 4 aromatic rings. The fraction of sp³-hybridized carbons (Fsp3) is 0.200. The van der Waals surface area contributed by atoms with Gasteiger partial charge < -0.3 is 30.2 Å². The highest BCUT2D eigenvalue weighted by Gasteiger charge is 2.35. The molecule has 5 rings (SSSR count). The average molecular weight is 576 g/mol. The van der Waals surface area contributed by atoms with E-state index in [1.807, 2.05) is 0 Å². The second-order valence-corrected chi connectivity index (χ2v) is 10.5. The van der Waals surface area contributed by atoms with E-state index >= 15 is 0 Å². The van der Waals surface area contributed by atoms with E-state index in [0.29, 0.717) is 39.5 Å². The first-order chi connectivity index (χ1) is 19.5. The van der Waals surface area contributed by atoms with Gasteiger partial charge in [-0.1, -0.05) is 12.1 Å². The smallest absolute Gasteiger partial charge is 0.291 e. The van der Waals surface area contributed by atoms with Gasteiger partial charge in [0, 0.05) is 28.6 Å². The van der Waals surface area contributed by atoms with E-state index in [1.165, 1.54) is 24.5 Å². The van der Waals surface area contributed by atoms with Gasteiger partial charge in [-0.05, 0) is 67.4 Å². The van der Waals surface area contributed by atoms with E-state index in [9.17, 15) is 24.2 Å². The van der Waals surface area contributed by atoms with Crippen LogP contribution >= 0.6 is 12.6 Å². The van der Waals surface area contributed by atoms with Crippen molar-refractivity contribution in [1.82, 2.24) is 10.3 Å². The largest absolute Gasteiger partial charge is 0.517 e. The number of hydrogen-bond donors (Lipinski definition) is 6. The Hall–Kier alpha value is -4.48. The second kappa shape index (κ2) is 10.8. The van der Waals surface area contributed by atoms with Crippen LogP contribution in [0.1, 0.15) is 63.1 Å². The summed E-state index contributed by atoms with van der Waals surface area (Å²) in [4.78, 5) is 31.2. The number of furan rings is 1. The summed E-state index contributed by atoms with van der Waals surface area (Å²) < 4.78 is 18.4. The minimum Gasteiger partial charge on any atom is -0.517 e. The van der Waals surface area contributed by atoms with E-state index < -0.39 is 16.7 Å². The van der Waals surface area contributed by atoms with Crippen LogP contribution in [0.25, 0.3) is 0 Å². The highest BCUT2D eigenvalue weighted by molar-refractivity contribution is 7.82. The Kier molecular flexibility index (Phi) is 7.41. The Morgan fingerprint density at radius 1 is 1.27 bits per heavy atom. The number of halogens is 1. The van der Waals surface area contributed by atoms with Crippen LogP contribution in [0, 0.1) is 26.1 Å². The van der Waals surface area contributed by atoms with Crippen LogP contribution in [-0.2, 0) is 9.73 Å².